The summed E-state index contributed by atoms with van der Waals surface area (Å²) in [6.45, 7) is 5.03. The summed E-state index contributed by atoms with van der Waals surface area (Å²) in [5, 5.41) is 11.6. The predicted molar refractivity (Wildman–Crippen MR) is 57.9 cm³/mol. The van der Waals surface area contributed by atoms with Crippen molar-refractivity contribution in [1.29, 1.82) is 0 Å². The summed E-state index contributed by atoms with van der Waals surface area (Å²) in [6, 6.07) is 0. The summed E-state index contributed by atoms with van der Waals surface area (Å²) in [7, 11) is 0. The molecule has 1 fully saturated rings. The number of piperidine rings is 1. The van der Waals surface area contributed by atoms with Crippen LogP contribution in [0.1, 0.15) is 51.9 Å². The molecular weight excluding hydrogens is 162 g/mol. The third-order valence-corrected chi connectivity index (χ3v) is 2.22. The van der Waals surface area contributed by atoms with Crippen LogP contribution in [0, 0.1) is 0 Å². The molecule has 0 aromatic carbocycles. The lowest BCUT2D eigenvalue weighted by Gasteiger charge is -2.08. The third kappa shape index (κ3) is 11.9. The van der Waals surface area contributed by atoms with Gasteiger partial charge in [-0.1, -0.05) is 32.6 Å². The van der Waals surface area contributed by atoms with Crippen LogP contribution in [0.3, 0.4) is 0 Å². The lowest BCUT2D eigenvalue weighted by Crippen LogP contribution is -2.21. The number of hydrogen-bond acceptors (Lipinski definition) is 2. The van der Waals surface area contributed by atoms with Crippen LogP contribution in [0.5, 0.6) is 0 Å². The third-order valence-electron chi connectivity index (χ3n) is 2.22. The van der Waals surface area contributed by atoms with Crippen molar-refractivity contribution in [3.8, 4) is 0 Å². The maximum absolute atomic E-state index is 8.29. The molecule has 1 aliphatic rings. The molecule has 0 radical (unpaired) electrons. The summed E-state index contributed by atoms with van der Waals surface area (Å²) in [4.78, 5) is 0. The van der Waals surface area contributed by atoms with Gasteiger partial charge in [-0.2, -0.15) is 0 Å². The minimum absolute atomic E-state index is 0.361. The smallest absolute Gasteiger partial charge is 0.0431 e. The lowest BCUT2D eigenvalue weighted by atomic mass is 10.2. The van der Waals surface area contributed by atoms with Crippen LogP contribution in [0.4, 0.5) is 0 Å². The van der Waals surface area contributed by atoms with Gasteiger partial charge in [0.1, 0.15) is 0 Å². The Hall–Kier alpha value is -0.0800. The average molecular weight is 187 g/mol. The first-order valence-corrected chi connectivity index (χ1v) is 5.73. The molecule has 1 saturated heterocycles. The zero-order chi connectivity index (χ0) is 9.78. The molecule has 0 bridgehead atoms. The molecule has 0 aliphatic carbocycles. The molecule has 2 N–H and O–H groups in total. The largest absolute Gasteiger partial charge is 0.396 e. The summed E-state index contributed by atoms with van der Waals surface area (Å²) in [5.41, 5.74) is 0. The lowest BCUT2D eigenvalue weighted by molar-refractivity contribution is 0.283. The van der Waals surface area contributed by atoms with Crippen LogP contribution >= 0.6 is 0 Å². The van der Waals surface area contributed by atoms with E-state index in [1.54, 1.807) is 0 Å². The minimum atomic E-state index is 0.361. The van der Waals surface area contributed by atoms with Gasteiger partial charge >= 0.3 is 0 Å². The molecule has 13 heavy (non-hydrogen) atoms. The van der Waals surface area contributed by atoms with Crippen LogP contribution in [0.15, 0.2) is 0 Å². The molecule has 0 amide bonds. The Bertz CT molecular complexity index is 66.6. The highest BCUT2D eigenvalue weighted by molar-refractivity contribution is 4.55. The SMILES string of the molecule is C1CCNCC1.CCCCCCO. The maximum atomic E-state index is 8.29. The fraction of sp³-hybridized carbons (Fsp3) is 1.00. The molecule has 0 saturated carbocycles. The van der Waals surface area contributed by atoms with E-state index in [1.807, 2.05) is 0 Å². The van der Waals surface area contributed by atoms with E-state index in [0.717, 1.165) is 6.42 Å². The molecule has 0 aromatic rings. The fourth-order valence-corrected chi connectivity index (χ4v) is 1.34. The van der Waals surface area contributed by atoms with E-state index in [0.29, 0.717) is 6.61 Å². The predicted octanol–water partition coefficient (Wildman–Crippen LogP) is 2.32. The van der Waals surface area contributed by atoms with E-state index in [1.165, 1.54) is 51.6 Å². The van der Waals surface area contributed by atoms with E-state index in [2.05, 4.69) is 12.2 Å². The summed E-state index contributed by atoms with van der Waals surface area (Å²) < 4.78 is 0. The van der Waals surface area contributed by atoms with Gasteiger partial charge in [0.25, 0.3) is 0 Å². The topological polar surface area (TPSA) is 32.3 Å². The van der Waals surface area contributed by atoms with Gasteiger partial charge in [0.05, 0.1) is 0 Å². The van der Waals surface area contributed by atoms with Crippen LogP contribution in [-0.2, 0) is 0 Å². The highest BCUT2D eigenvalue weighted by atomic mass is 16.2. The van der Waals surface area contributed by atoms with Crippen molar-refractivity contribution in [3.05, 3.63) is 0 Å². The van der Waals surface area contributed by atoms with Gasteiger partial charge in [-0.25, -0.2) is 0 Å². The number of hydrogen-bond donors (Lipinski definition) is 2. The Morgan fingerprint density at radius 1 is 1.00 bits per heavy atom. The highest BCUT2D eigenvalue weighted by Crippen LogP contribution is 1.96. The second-order valence-electron chi connectivity index (χ2n) is 3.59. The first kappa shape index (κ1) is 12.9. The normalized spacial score (nSPS) is 16.2. The van der Waals surface area contributed by atoms with Crippen molar-refractivity contribution in [2.24, 2.45) is 0 Å². The number of unbranched alkanes of at least 4 members (excludes halogenated alkanes) is 3. The monoisotopic (exact) mass is 187 g/mol. The van der Waals surface area contributed by atoms with E-state index in [-0.39, 0.29) is 0 Å². The van der Waals surface area contributed by atoms with Gasteiger partial charge in [0.2, 0.25) is 0 Å². The van der Waals surface area contributed by atoms with Gasteiger partial charge in [-0.3, -0.25) is 0 Å². The Kier molecular flexibility index (Phi) is 11.8. The van der Waals surface area contributed by atoms with E-state index in [9.17, 15) is 0 Å². The molecule has 1 aliphatic heterocycles. The van der Waals surface area contributed by atoms with Crippen LogP contribution in [0.2, 0.25) is 0 Å². The van der Waals surface area contributed by atoms with E-state index < -0.39 is 0 Å². The molecule has 0 aromatic heterocycles. The van der Waals surface area contributed by atoms with Gasteiger partial charge in [-0.15, -0.1) is 0 Å². The molecule has 80 valence electrons. The van der Waals surface area contributed by atoms with E-state index in [4.69, 9.17) is 5.11 Å². The zero-order valence-electron chi connectivity index (χ0n) is 9.02. The van der Waals surface area contributed by atoms with E-state index >= 15 is 0 Å². The van der Waals surface area contributed by atoms with Gasteiger partial charge in [-0.05, 0) is 32.4 Å². The second-order valence-corrected chi connectivity index (χ2v) is 3.59. The van der Waals surface area contributed by atoms with Gasteiger partial charge in [0.15, 0.2) is 0 Å². The van der Waals surface area contributed by atoms with Gasteiger partial charge < -0.3 is 10.4 Å². The van der Waals surface area contributed by atoms with Crippen molar-refractivity contribution >= 4 is 0 Å². The minimum Gasteiger partial charge on any atom is -0.396 e. The second kappa shape index (κ2) is 11.9. The fourth-order valence-electron chi connectivity index (χ4n) is 1.34. The van der Waals surface area contributed by atoms with Crippen LogP contribution < -0.4 is 5.32 Å². The molecule has 1 rings (SSSR count). The first-order valence-electron chi connectivity index (χ1n) is 5.73. The van der Waals surface area contributed by atoms with Crippen molar-refractivity contribution < 1.29 is 5.11 Å². The van der Waals surface area contributed by atoms with Crippen molar-refractivity contribution in [2.45, 2.75) is 51.9 Å². The molecule has 1 heterocycles. The quantitative estimate of drug-likeness (QED) is 0.662. The number of rotatable bonds is 4. The summed E-state index contributed by atoms with van der Waals surface area (Å²) in [5.74, 6) is 0. The number of aliphatic hydroxyl groups is 1. The molecule has 0 spiro atoms. The first-order chi connectivity index (χ1) is 6.41. The maximum Gasteiger partial charge on any atom is 0.0431 e. The average Bonchev–Trinajstić information content (AvgIpc) is 2.22. The zero-order valence-corrected chi connectivity index (χ0v) is 9.02. The standard InChI is InChI=1S/C6H14O.C5H11N/c1-2-3-4-5-6-7;1-2-4-6-5-3-1/h7H,2-6H2,1H3;6H,1-5H2. The van der Waals surface area contributed by atoms with Crippen molar-refractivity contribution in [3.63, 3.8) is 0 Å². The molecule has 0 atom stereocenters. The Morgan fingerprint density at radius 2 is 1.69 bits per heavy atom. The van der Waals surface area contributed by atoms with Crippen molar-refractivity contribution in [2.75, 3.05) is 19.7 Å². The molecule has 2 nitrogen and oxygen atoms in total. The molecular formula is C11H25NO. The van der Waals surface area contributed by atoms with Crippen LogP contribution in [-0.4, -0.2) is 24.8 Å². The number of nitrogens with one attached hydrogen (secondary N) is 1. The summed E-state index contributed by atoms with van der Waals surface area (Å²) in [6.07, 6.45) is 8.90. The molecule has 0 unspecified atom stereocenters. The molecule has 2 heteroatoms. The number of aliphatic hydroxyl groups excluding tert-OH is 1. The summed E-state index contributed by atoms with van der Waals surface area (Å²) >= 11 is 0. The Labute approximate surface area is 82.7 Å². The van der Waals surface area contributed by atoms with Crippen molar-refractivity contribution in [1.82, 2.24) is 5.32 Å². The van der Waals surface area contributed by atoms with Crippen LogP contribution in [0.25, 0.3) is 0 Å². The van der Waals surface area contributed by atoms with Gasteiger partial charge in [0, 0.05) is 6.61 Å². The Balaban J connectivity index is 0.000000223. The highest BCUT2D eigenvalue weighted by Gasteiger charge is 1.93. The Morgan fingerprint density at radius 3 is 2.00 bits per heavy atom.